The molecule has 2 aromatic rings. The average Bonchev–Trinajstić information content (AvgIpc) is 2.43. The maximum absolute atomic E-state index is 12.1. The van der Waals surface area contributed by atoms with Crippen molar-refractivity contribution in [1.82, 2.24) is 0 Å². The number of hydrogen-bond acceptors (Lipinski definition) is 3. The first-order valence-corrected chi connectivity index (χ1v) is 6.48. The van der Waals surface area contributed by atoms with Crippen molar-refractivity contribution in [3.05, 3.63) is 64.0 Å². The van der Waals surface area contributed by atoms with Crippen LogP contribution in [0, 0.1) is 24.0 Å². The van der Waals surface area contributed by atoms with Crippen LogP contribution in [0.25, 0.3) is 0 Å². The summed E-state index contributed by atoms with van der Waals surface area (Å²) in [6, 6.07) is 10.3. The molecule has 0 saturated carbocycles. The fourth-order valence-corrected chi connectivity index (χ4v) is 2.04. The number of aromatic nitrogens is 1. The summed E-state index contributed by atoms with van der Waals surface area (Å²) < 4.78 is 1.81. The van der Waals surface area contributed by atoms with Gasteiger partial charge >= 0.3 is 0 Å². The fourth-order valence-electron chi connectivity index (χ4n) is 2.04. The molecule has 1 aromatic carbocycles. The normalized spacial score (nSPS) is 9.73. The number of nitro benzene ring substituents is 1. The van der Waals surface area contributed by atoms with Crippen LogP contribution in [0.2, 0.25) is 0 Å². The van der Waals surface area contributed by atoms with Crippen LogP contribution >= 0.6 is 0 Å². The Hall–Kier alpha value is -2.47. The number of rotatable bonds is 4. The number of pyridine rings is 1. The molecule has 0 bridgehead atoms. The Morgan fingerprint density at radius 1 is 1.23 bits per heavy atom. The lowest BCUT2D eigenvalue weighted by Crippen LogP contribution is -3.00. The van der Waals surface area contributed by atoms with Gasteiger partial charge in [0.25, 0.3) is 11.6 Å². The second-order valence-electron chi connectivity index (χ2n) is 4.72. The molecule has 2 rings (SSSR count). The Morgan fingerprint density at radius 2 is 1.95 bits per heavy atom. The lowest BCUT2D eigenvalue weighted by molar-refractivity contribution is -0.690. The molecule has 0 fully saturated rings. The van der Waals surface area contributed by atoms with E-state index in [1.54, 1.807) is 19.1 Å². The van der Waals surface area contributed by atoms with Crippen molar-refractivity contribution in [2.24, 2.45) is 0 Å². The average molecular weight is 322 g/mol. The molecule has 0 spiro atoms. The van der Waals surface area contributed by atoms with Gasteiger partial charge in [-0.1, -0.05) is 12.1 Å². The van der Waals surface area contributed by atoms with Gasteiger partial charge in [0.1, 0.15) is 0 Å². The van der Waals surface area contributed by atoms with Gasteiger partial charge in [-0.15, -0.1) is 0 Å². The molecule has 1 aromatic heterocycles. The van der Waals surface area contributed by atoms with Crippen molar-refractivity contribution in [2.75, 3.05) is 5.32 Å². The third kappa shape index (κ3) is 4.02. The molecule has 6 nitrogen and oxygen atoms in total. The number of nitrogens with zero attached hydrogens (tertiary/aromatic N) is 2. The minimum absolute atomic E-state index is 0. The van der Waals surface area contributed by atoms with Crippen LogP contribution in [0.15, 0.2) is 42.6 Å². The number of aryl methyl sites for hydroxylation is 1. The highest BCUT2D eigenvalue weighted by Crippen LogP contribution is 2.24. The number of anilines is 1. The van der Waals surface area contributed by atoms with E-state index in [-0.39, 0.29) is 30.5 Å². The molecule has 7 heteroatoms. The summed E-state index contributed by atoms with van der Waals surface area (Å²) >= 11 is 0. The molecule has 0 radical (unpaired) electrons. The molecule has 0 unspecified atom stereocenters. The van der Waals surface area contributed by atoms with Gasteiger partial charge in [-0.05, 0) is 13.0 Å². The zero-order valence-electron chi connectivity index (χ0n) is 12.2. The maximum atomic E-state index is 12.1. The van der Waals surface area contributed by atoms with Gasteiger partial charge in [0.15, 0.2) is 11.9 Å². The Balaban J connectivity index is 0.00000242. The molecule has 1 N–H and O–H groups in total. The number of hydrogen-bond donors (Lipinski definition) is 1. The second-order valence-corrected chi connectivity index (χ2v) is 4.72. The van der Waals surface area contributed by atoms with Gasteiger partial charge in [-0.25, -0.2) is 0 Å². The van der Waals surface area contributed by atoms with Gasteiger partial charge < -0.3 is 17.7 Å². The van der Waals surface area contributed by atoms with Crippen molar-refractivity contribution in [3.8, 4) is 0 Å². The van der Waals surface area contributed by atoms with Gasteiger partial charge in [-0.2, -0.15) is 4.57 Å². The standard InChI is InChI=1S/C15H15N3O3.ClH/c1-11-6-3-4-9-17(11)10-15(19)16-13-7-5-8-14(12(13)2)18(20)21;/h3-9H,10H2,1-2H3;1H. The molecule has 116 valence electrons. The summed E-state index contributed by atoms with van der Waals surface area (Å²) in [7, 11) is 0. The van der Waals surface area contributed by atoms with Crippen LogP contribution in [-0.2, 0) is 11.3 Å². The minimum Gasteiger partial charge on any atom is -1.00 e. The number of benzene rings is 1. The Labute approximate surface area is 134 Å². The molecule has 0 aliphatic rings. The van der Waals surface area contributed by atoms with Crippen molar-refractivity contribution in [1.29, 1.82) is 0 Å². The van der Waals surface area contributed by atoms with Crippen LogP contribution in [0.4, 0.5) is 11.4 Å². The molecule has 1 amide bonds. The SMILES string of the molecule is Cc1c(NC(=O)C[n+]2ccccc2C)cccc1[N+](=O)[O-].[Cl-]. The lowest BCUT2D eigenvalue weighted by Gasteiger charge is -2.07. The topological polar surface area (TPSA) is 76.1 Å². The van der Waals surface area contributed by atoms with Crippen molar-refractivity contribution in [2.45, 2.75) is 20.4 Å². The number of nitro groups is 1. The highest BCUT2D eigenvalue weighted by Gasteiger charge is 2.17. The van der Waals surface area contributed by atoms with E-state index < -0.39 is 4.92 Å². The van der Waals surface area contributed by atoms with Gasteiger partial charge in [0, 0.05) is 25.1 Å². The van der Waals surface area contributed by atoms with Crippen LogP contribution < -0.4 is 22.3 Å². The van der Waals surface area contributed by atoms with Gasteiger partial charge in [0.2, 0.25) is 6.54 Å². The van der Waals surface area contributed by atoms with Crippen LogP contribution in [0.3, 0.4) is 0 Å². The van der Waals surface area contributed by atoms with E-state index in [4.69, 9.17) is 0 Å². The fraction of sp³-hybridized carbons (Fsp3) is 0.200. The quantitative estimate of drug-likeness (QED) is 0.452. The molecule has 0 atom stereocenters. The summed E-state index contributed by atoms with van der Waals surface area (Å²) in [5, 5.41) is 13.6. The first-order valence-electron chi connectivity index (χ1n) is 6.48. The van der Waals surface area contributed by atoms with Crippen LogP contribution in [0.5, 0.6) is 0 Å². The predicted octanol–water partition coefficient (Wildman–Crippen LogP) is -0.858. The van der Waals surface area contributed by atoms with E-state index in [0.29, 0.717) is 11.3 Å². The number of carbonyl (C=O) groups excluding carboxylic acids is 1. The highest BCUT2D eigenvalue weighted by molar-refractivity contribution is 5.91. The van der Waals surface area contributed by atoms with E-state index in [9.17, 15) is 14.9 Å². The largest absolute Gasteiger partial charge is 1.00 e. The molecule has 1 heterocycles. The minimum atomic E-state index is -0.457. The molecule has 0 saturated heterocycles. The smallest absolute Gasteiger partial charge is 0.290 e. The third-order valence-corrected chi connectivity index (χ3v) is 3.26. The number of amides is 1. The monoisotopic (exact) mass is 321 g/mol. The molecule has 22 heavy (non-hydrogen) atoms. The van der Waals surface area contributed by atoms with E-state index in [1.807, 2.05) is 35.9 Å². The van der Waals surface area contributed by atoms with E-state index >= 15 is 0 Å². The predicted molar refractivity (Wildman–Crippen MR) is 77.8 cm³/mol. The van der Waals surface area contributed by atoms with Gasteiger partial charge in [0.05, 0.1) is 16.2 Å². The summed E-state index contributed by atoms with van der Waals surface area (Å²) in [6.07, 6.45) is 1.81. The van der Waals surface area contributed by atoms with E-state index in [2.05, 4.69) is 5.32 Å². The van der Waals surface area contributed by atoms with E-state index in [0.717, 1.165) is 5.69 Å². The molecular weight excluding hydrogens is 306 g/mol. The van der Waals surface area contributed by atoms with Gasteiger partial charge in [-0.3, -0.25) is 14.9 Å². The number of carbonyl (C=O) groups is 1. The number of nitrogens with one attached hydrogen (secondary N) is 1. The highest BCUT2D eigenvalue weighted by atomic mass is 35.5. The first-order chi connectivity index (χ1) is 9.99. The van der Waals surface area contributed by atoms with Crippen molar-refractivity contribution in [3.63, 3.8) is 0 Å². The lowest BCUT2D eigenvalue weighted by atomic mass is 10.1. The summed E-state index contributed by atoms with van der Waals surface area (Å²) in [4.78, 5) is 22.5. The number of halogens is 1. The molecular formula is C15H16ClN3O3. The zero-order chi connectivity index (χ0) is 15.4. The second kappa shape index (κ2) is 7.51. The molecule has 0 aliphatic heterocycles. The molecule has 0 aliphatic carbocycles. The first kappa shape index (κ1) is 17.6. The summed E-state index contributed by atoms with van der Waals surface area (Å²) in [5.41, 5.74) is 1.87. The Bertz CT molecular complexity index is 704. The maximum Gasteiger partial charge on any atom is 0.290 e. The Kier molecular flexibility index (Phi) is 6.00. The van der Waals surface area contributed by atoms with E-state index in [1.165, 1.54) is 6.07 Å². The third-order valence-electron chi connectivity index (χ3n) is 3.26. The summed E-state index contributed by atoms with van der Waals surface area (Å²) in [6.45, 7) is 3.69. The Morgan fingerprint density at radius 3 is 2.59 bits per heavy atom. The van der Waals surface area contributed by atoms with Crippen molar-refractivity contribution < 1.29 is 26.7 Å². The van der Waals surface area contributed by atoms with Crippen molar-refractivity contribution >= 4 is 17.3 Å². The van der Waals surface area contributed by atoms with Crippen LogP contribution in [-0.4, -0.2) is 10.8 Å². The van der Waals surface area contributed by atoms with Crippen LogP contribution in [0.1, 0.15) is 11.3 Å². The zero-order valence-corrected chi connectivity index (χ0v) is 13.0. The summed E-state index contributed by atoms with van der Waals surface area (Å²) in [5.74, 6) is -0.224.